The number of halogens is 2. The molecule has 1 fully saturated rings. The standard InChI is InChI=1S/C19H27Cl2N3O2/c1-13(19(26)24(3)15-7-5-4-6-8-15)23(2)12-18(25)22-14-9-10-16(20)17(21)11-14/h9-11,13,15H,4-8,12H2,1-3H3,(H,22,25)/p+1/t13-/m1/s1. The molecule has 1 aromatic carbocycles. The predicted molar refractivity (Wildman–Crippen MR) is 106 cm³/mol. The van der Waals surface area contributed by atoms with E-state index in [2.05, 4.69) is 5.32 Å². The maximum Gasteiger partial charge on any atom is 0.280 e. The van der Waals surface area contributed by atoms with Crippen molar-refractivity contribution in [1.29, 1.82) is 0 Å². The van der Waals surface area contributed by atoms with Gasteiger partial charge in [-0.25, -0.2) is 0 Å². The summed E-state index contributed by atoms with van der Waals surface area (Å²) in [4.78, 5) is 27.8. The van der Waals surface area contributed by atoms with Crippen molar-refractivity contribution in [3.8, 4) is 0 Å². The largest absolute Gasteiger partial charge is 0.338 e. The lowest BCUT2D eigenvalue weighted by atomic mass is 9.94. The van der Waals surface area contributed by atoms with E-state index in [1.165, 1.54) is 19.3 Å². The summed E-state index contributed by atoms with van der Waals surface area (Å²) >= 11 is 11.8. The highest BCUT2D eigenvalue weighted by Crippen LogP contribution is 2.25. The number of carbonyl (C=O) groups is 2. The van der Waals surface area contributed by atoms with Crippen molar-refractivity contribution in [2.45, 2.75) is 51.1 Å². The van der Waals surface area contributed by atoms with Gasteiger partial charge in [-0.05, 0) is 38.0 Å². The molecular formula is C19H28Cl2N3O2+. The molecule has 1 saturated carbocycles. The van der Waals surface area contributed by atoms with Gasteiger partial charge >= 0.3 is 0 Å². The first-order valence-corrected chi connectivity index (χ1v) is 9.89. The topological polar surface area (TPSA) is 53.9 Å². The smallest absolute Gasteiger partial charge is 0.280 e. The van der Waals surface area contributed by atoms with E-state index >= 15 is 0 Å². The second kappa shape index (κ2) is 9.58. The van der Waals surface area contributed by atoms with Crippen molar-refractivity contribution in [2.75, 3.05) is 26.0 Å². The summed E-state index contributed by atoms with van der Waals surface area (Å²) in [7, 11) is 3.75. The molecule has 0 saturated heterocycles. The van der Waals surface area contributed by atoms with Gasteiger partial charge < -0.3 is 15.1 Å². The van der Waals surface area contributed by atoms with Gasteiger partial charge in [0.05, 0.1) is 17.1 Å². The number of hydrogen-bond acceptors (Lipinski definition) is 2. The number of amides is 2. The summed E-state index contributed by atoms with van der Waals surface area (Å²) in [6, 6.07) is 5.01. The molecule has 2 atom stereocenters. The summed E-state index contributed by atoms with van der Waals surface area (Å²) in [5, 5.41) is 3.63. The number of nitrogens with zero attached hydrogens (tertiary/aromatic N) is 1. The van der Waals surface area contributed by atoms with Gasteiger partial charge in [0.15, 0.2) is 12.6 Å². The summed E-state index contributed by atoms with van der Waals surface area (Å²) in [6.07, 6.45) is 5.78. The summed E-state index contributed by atoms with van der Waals surface area (Å²) in [5.74, 6) is -0.0717. The molecule has 2 amide bonds. The van der Waals surface area contributed by atoms with Crippen LogP contribution in [0.1, 0.15) is 39.0 Å². The Kier molecular flexibility index (Phi) is 7.74. The van der Waals surface area contributed by atoms with E-state index in [4.69, 9.17) is 23.2 Å². The second-order valence-corrected chi connectivity index (χ2v) is 7.98. The molecule has 2 rings (SSSR count). The van der Waals surface area contributed by atoms with E-state index in [9.17, 15) is 9.59 Å². The van der Waals surface area contributed by atoms with Gasteiger partial charge in [-0.2, -0.15) is 0 Å². The van der Waals surface area contributed by atoms with Crippen molar-refractivity contribution in [1.82, 2.24) is 4.90 Å². The SMILES string of the molecule is C[C@H](C(=O)N(C)C1CCCCC1)[NH+](C)CC(=O)Nc1ccc(Cl)c(Cl)c1. The fraction of sp³-hybridized carbons (Fsp3) is 0.579. The molecule has 144 valence electrons. The van der Waals surface area contributed by atoms with Crippen molar-refractivity contribution < 1.29 is 14.5 Å². The first-order valence-electron chi connectivity index (χ1n) is 9.13. The normalized spacial score (nSPS) is 17.4. The number of nitrogens with one attached hydrogen (secondary N) is 2. The Morgan fingerprint density at radius 1 is 1.23 bits per heavy atom. The van der Waals surface area contributed by atoms with Crippen LogP contribution in [0.15, 0.2) is 18.2 Å². The lowest BCUT2D eigenvalue weighted by molar-refractivity contribution is -0.886. The van der Waals surface area contributed by atoms with E-state index < -0.39 is 0 Å². The minimum Gasteiger partial charge on any atom is -0.338 e. The van der Waals surface area contributed by atoms with Crippen LogP contribution in [0.3, 0.4) is 0 Å². The van der Waals surface area contributed by atoms with Gasteiger partial charge in [0.25, 0.3) is 11.8 Å². The van der Waals surface area contributed by atoms with Gasteiger partial charge in [0.1, 0.15) is 0 Å². The van der Waals surface area contributed by atoms with Crippen molar-refractivity contribution in [2.24, 2.45) is 0 Å². The monoisotopic (exact) mass is 400 g/mol. The van der Waals surface area contributed by atoms with E-state index in [0.29, 0.717) is 21.8 Å². The zero-order valence-electron chi connectivity index (χ0n) is 15.6. The Morgan fingerprint density at radius 2 is 1.88 bits per heavy atom. The minimum absolute atomic E-state index is 0.0942. The molecule has 0 aliphatic heterocycles. The summed E-state index contributed by atoms with van der Waals surface area (Å²) in [5.41, 5.74) is 0.593. The van der Waals surface area contributed by atoms with Crippen LogP contribution in [0.4, 0.5) is 5.69 Å². The highest BCUT2D eigenvalue weighted by atomic mass is 35.5. The Balaban J connectivity index is 1.88. The van der Waals surface area contributed by atoms with Crippen LogP contribution in [0.25, 0.3) is 0 Å². The van der Waals surface area contributed by atoms with Crippen LogP contribution in [0.5, 0.6) is 0 Å². The van der Waals surface area contributed by atoms with Gasteiger partial charge in [-0.3, -0.25) is 9.59 Å². The average molecular weight is 401 g/mol. The highest BCUT2D eigenvalue weighted by Gasteiger charge is 2.30. The molecule has 0 spiro atoms. The molecule has 1 aliphatic rings. The molecule has 0 heterocycles. The second-order valence-electron chi connectivity index (χ2n) is 7.16. The minimum atomic E-state index is -0.276. The van der Waals surface area contributed by atoms with Gasteiger partial charge in [-0.15, -0.1) is 0 Å². The third-order valence-electron chi connectivity index (χ3n) is 5.22. The summed E-state index contributed by atoms with van der Waals surface area (Å²) < 4.78 is 0. The zero-order chi connectivity index (χ0) is 19.3. The van der Waals surface area contributed by atoms with Crippen LogP contribution in [-0.4, -0.2) is 49.4 Å². The number of carbonyl (C=O) groups excluding carboxylic acids is 2. The number of likely N-dealkylation sites (N-methyl/N-ethyl adjacent to an activating group) is 2. The molecule has 1 aromatic rings. The zero-order valence-corrected chi connectivity index (χ0v) is 17.2. The van der Waals surface area contributed by atoms with Gasteiger partial charge in [0, 0.05) is 18.8 Å². The Hall–Kier alpha value is -1.30. The number of anilines is 1. The number of quaternary nitrogens is 1. The van der Waals surface area contributed by atoms with Crippen molar-refractivity contribution >= 4 is 40.7 Å². The first-order chi connectivity index (χ1) is 12.3. The number of rotatable bonds is 6. The first kappa shape index (κ1) is 21.0. The average Bonchev–Trinajstić information content (AvgIpc) is 2.63. The Labute approximate surface area is 165 Å². The molecule has 26 heavy (non-hydrogen) atoms. The Bertz CT molecular complexity index is 648. The van der Waals surface area contributed by atoms with Crippen molar-refractivity contribution in [3.63, 3.8) is 0 Å². The number of benzene rings is 1. The van der Waals surface area contributed by atoms with Crippen LogP contribution >= 0.6 is 23.2 Å². The quantitative estimate of drug-likeness (QED) is 0.770. The summed E-state index contributed by atoms with van der Waals surface area (Å²) in [6.45, 7) is 2.08. The van der Waals surface area contributed by atoms with E-state index in [1.807, 2.05) is 25.9 Å². The fourth-order valence-corrected chi connectivity index (χ4v) is 3.65. The molecule has 0 radical (unpaired) electrons. The molecule has 7 heteroatoms. The van der Waals surface area contributed by atoms with E-state index in [1.54, 1.807) is 18.2 Å². The molecule has 0 aromatic heterocycles. The molecule has 0 bridgehead atoms. The van der Waals surface area contributed by atoms with Crippen LogP contribution in [0, 0.1) is 0 Å². The molecule has 1 aliphatic carbocycles. The van der Waals surface area contributed by atoms with Crippen molar-refractivity contribution in [3.05, 3.63) is 28.2 Å². The molecular weight excluding hydrogens is 373 g/mol. The van der Waals surface area contributed by atoms with Gasteiger partial charge in [0.2, 0.25) is 0 Å². The Morgan fingerprint density at radius 3 is 2.50 bits per heavy atom. The maximum atomic E-state index is 12.7. The third-order valence-corrected chi connectivity index (χ3v) is 5.96. The molecule has 2 N–H and O–H groups in total. The maximum absolute atomic E-state index is 12.7. The van der Waals surface area contributed by atoms with Crippen LogP contribution in [-0.2, 0) is 9.59 Å². The lowest BCUT2D eigenvalue weighted by Crippen LogP contribution is -3.15. The lowest BCUT2D eigenvalue weighted by Gasteiger charge is -2.33. The third kappa shape index (κ3) is 5.60. The fourth-order valence-electron chi connectivity index (χ4n) is 3.35. The van der Waals surface area contributed by atoms with Crippen LogP contribution in [0.2, 0.25) is 10.0 Å². The predicted octanol–water partition coefficient (Wildman–Crippen LogP) is 2.63. The molecule has 1 unspecified atom stereocenters. The van der Waals surface area contributed by atoms with Gasteiger partial charge in [-0.1, -0.05) is 42.5 Å². The van der Waals surface area contributed by atoms with E-state index in [0.717, 1.165) is 17.7 Å². The molecule has 5 nitrogen and oxygen atoms in total. The van der Waals surface area contributed by atoms with Crippen LogP contribution < -0.4 is 10.2 Å². The van der Waals surface area contributed by atoms with E-state index in [-0.39, 0.29) is 24.4 Å². The number of hydrogen-bond donors (Lipinski definition) is 2. The highest BCUT2D eigenvalue weighted by molar-refractivity contribution is 6.42.